The van der Waals surface area contributed by atoms with Gasteiger partial charge in [0.2, 0.25) is 17.2 Å². The second-order valence-electron chi connectivity index (χ2n) is 4.74. The van der Waals surface area contributed by atoms with E-state index < -0.39 is 10.1 Å². The van der Waals surface area contributed by atoms with Gasteiger partial charge in [-0.05, 0) is 36.7 Å². The molecule has 0 saturated carbocycles. The third-order valence-corrected chi connectivity index (χ3v) is 3.60. The maximum atomic E-state index is 11.1. The normalized spacial score (nSPS) is 12.7. The highest BCUT2D eigenvalue weighted by atomic mass is 35.5. The van der Waals surface area contributed by atoms with Crippen LogP contribution in [0.5, 0.6) is 0 Å². The SMILES string of the molecule is CC(N)CNc1nc(Cl)nc(Nc2cccc(S(=O)(=O)O)c2)n1. The fourth-order valence-electron chi connectivity index (χ4n) is 1.60. The van der Waals surface area contributed by atoms with E-state index in [9.17, 15) is 8.42 Å². The van der Waals surface area contributed by atoms with Gasteiger partial charge in [0, 0.05) is 18.3 Å². The second-order valence-corrected chi connectivity index (χ2v) is 6.50. The van der Waals surface area contributed by atoms with Crippen LogP contribution < -0.4 is 16.4 Å². The standard InChI is InChI=1S/C12H15ClN6O3S/c1-7(14)6-15-11-17-10(13)18-12(19-11)16-8-3-2-4-9(5-8)23(20,21)22/h2-5,7H,6,14H2,1H3,(H,20,21,22)(H2,15,16,17,18,19). The Kier molecular flexibility index (Phi) is 5.31. The molecule has 0 amide bonds. The minimum atomic E-state index is -4.30. The number of halogens is 1. The predicted octanol–water partition coefficient (Wildman–Crippen LogP) is 1.27. The first kappa shape index (κ1) is 17.3. The average molecular weight is 359 g/mol. The topological polar surface area (TPSA) is 143 Å². The fourth-order valence-corrected chi connectivity index (χ4v) is 2.29. The summed E-state index contributed by atoms with van der Waals surface area (Å²) in [5.74, 6) is 0.348. The first-order valence-electron chi connectivity index (χ1n) is 6.49. The van der Waals surface area contributed by atoms with Crippen LogP contribution in [0.4, 0.5) is 17.6 Å². The Morgan fingerprint density at radius 3 is 2.65 bits per heavy atom. The van der Waals surface area contributed by atoms with Gasteiger partial charge in [0.1, 0.15) is 0 Å². The molecule has 1 heterocycles. The first-order chi connectivity index (χ1) is 10.7. The van der Waals surface area contributed by atoms with Crippen molar-refractivity contribution in [1.82, 2.24) is 15.0 Å². The third kappa shape index (κ3) is 5.28. The van der Waals surface area contributed by atoms with Gasteiger partial charge in [-0.1, -0.05) is 6.07 Å². The minimum Gasteiger partial charge on any atom is -0.352 e. The quantitative estimate of drug-likeness (QED) is 0.561. The number of anilines is 3. The Morgan fingerprint density at radius 1 is 1.30 bits per heavy atom. The molecule has 0 aliphatic carbocycles. The minimum absolute atomic E-state index is 0.0411. The van der Waals surface area contributed by atoms with Crippen LogP contribution in [-0.4, -0.2) is 40.5 Å². The third-order valence-electron chi connectivity index (χ3n) is 2.58. The number of benzene rings is 1. The van der Waals surface area contributed by atoms with E-state index in [0.717, 1.165) is 0 Å². The van der Waals surface area contributed by atoms with Crippen molar-refractivity contribution in [2.75, 3.05) is 17.2 Å². The highest BCUT2D eigenvalue weighted by molar-refractivity contribution is 7.85. The summed E-state index contributed by atoms with van der Waals surface area (Å²) in [6.45, 7) is 2.26. The molecule has 23 heavy (non-hydrogen) atoms. The van der Waals surface area contributed by atoms with Crippen molar-refractivity contribution in [1.29, 1.82) is 0 Å². The Balaban J connectivity index is 2.23. The van der Waals surface area contributed by atoms with Crippen molar-refractivity contribution >= 4 is 39.3 Å². The summed E-state index contributed by atoms with van der Waals surface area (Å²) >= 11 is 5.83. The predicted molar refractivity (Wildman–Crippen MR) is 86.5 cm³/mol. The lowest BCUT2D eigenvalue weighted by molar-refractivity contribution is 0.483. The van der Waals surface area contributed by atoms with Crippen molar-refractivity contribution in [3.05, 3.63) is 29.5 Å². The van der Waals surface area contributed by atoms with Gasteiger partial charge in [0.25, 0.3) is 10.1 Å². The van der Waals surface area contributed by atoms with E-state index in [0.29, 0.717) is 12.2 Å². The molecule has 1 aromatic carbocycles. The van der Waals surface area contributed by atoms with E-state index in [2.05, 4.69) is 25.6 Å². The summed E-state index contributed by atoms with van der Waals surface area (Å²) in [5.41, 5.74) is 6.00. The average Bonchev–Trinajstić information content (AvgIpc) is 2.44. The monoisotopic (exact) mass is 358 g/mol. The fraction of sp³-hybridized carbons (Fsp3) is 0.250. The molecule has 0 aliphatic rings. The van der Waals surface area contributed by atoms with Crippen LogP contribution in [-0.2, 0) is 10.1 Å². The Bertz CT molecular complexity index is 799. The Labute approximate surface area is 138 Å². The molecule has 0 saturated heterocycles. The van der Waals surface area contributed by atoms with Gasteiger partial charge in [-0.2, -0.15) is 23.4 Å². The molecule has 1 aromatic heterocycles. The summed E-state index contributed by atoms with van der Waals surface area (Å²) in [6.07, 6.45) is 0. The van der Waals surface area contributed by atoms with Crippen molar-refractivity contribution in [2.45, 2.75) is 17.9 Å². The van der Waals surface area contributed by atoms with Gasteiger partial charge in [-0.3, -0.25) is 4.55 Å². The van der Waals surface area contributed by atoms with Gasteiger partial charge >= 0.3 is 0 Å². The number of nitrogens with zero attached hydrogens (tertiary/aromatic N) is 3. The molecule has 2 rings (SSSR count). The zero-order chi connectivity index (χ0) is 17.0. The maximum Gasteiger partial charge on any atom is 0.294 e. The molecule has 0 fully saturated rings. The van der Waals surface area contributed by atoms with Crippen molar-refractivity contribution in [2.24, 2.45) is 5.73 Å². The first-order valence-corrected chi connectivity index (χ1v) is 8.31. The molecule has 1 atom stereocenters. The molecule has 5 N–H and O–H groups in total. The Morgan fingerprint density at radius 2 is 2.00 bits per heavy atom. The van der Waals surface area contributed by atoms with Crippen LogP contribution in [0.1, 0.15) is 6.92 Å². The summed E-state index contributed by atoms with van der Waals surface area (Å²) in [5, 5.41) is 5.65. The number of nitrogens with two attached hydrogens (primary N) is 1. The summed E-state index contributed by atoms with van der Waals surface area (Å²) in [6, 6.07) is 5.44. The van der Waals surface area contributed by atoms with Gasteiger partial charge in [-0.15, -0.1) is 0 Å². The van der Waals surface area contributed by atoms with Crippen LogP contribution in [0.2, 0.25) is 5.28 Å². The maximum absolute atomic E-state index is 11.1. The van der Waals surface area contributed by atoms with E-state index >= 15 is 0 Å². The molecule has 124 valence electrons. The van der Waals surface area contributed by atoms with Gasteiger partial charge in [0.05, 0.1) is 4.90 Å². The summed E-state index contributed by atoms with van der Waals surface area (Å²) in [4.78, 5) is 11.6. The van der Waals surface area contributed by atoms with E-state index in [1.165, 1.54) is 18.2 Å². The molecule has 9 nitrogen and oxygen atoms in total. The van der Waals surface area contributed by atoms with Crippen molar-refractivity contribution in [3.63, 3.8) is 0 Å². The van der Waals surface area contributed by atoms with E-state index in [4.69, 9.17) is 21.9 Å². The van der Waals surface area contributed by atoms with E-state index in [1.807, 2.05) is 6.92 Å². The highest BCUT2D eigenvalue weighted by Crippen LogP contribution is 2.19. The Hall–Kier alpha value is -2.01. The van der Waals surface area contributed by atoms with Crippen LogP contribution >= 0.6 is 11.6 Å². The summed E-state index contributed by atoms with van der Waals surface area (Å²) in [7, 11) is -4.30. The molecule has 0 aliphatic heterocycles. The molecular formula is C12H15ClN6O3S. The zero-order valence-electron chi connectivity index (χ0n) is 12.1. The highest BCUT2D eigenvalue weighted by Gasteiger charge is 2.11. The number of nitrogens with one attached hydrogen (secondary N) is 2. The molecule has 1 unspecified atom stereocenters. The largest absolute Gasteiger partial charge is 0.352 e. The molecule has 0 spiro atoms. The van der Waals surface area contributed by atoms with Crippen LogP contribution in [0, 0.1) is 0 Å². The molecule has 11 heteroatoms. The van der Waals surface area contributed by atoms with Gasteiger partial charge in [-0.25, -0.2) is 0 Å². The molecule has 0 bridgehead atoms. The lowest BCUT2D eigenvalue weighted by Crippen LogP contribution is -2.26. The summed E-state index contributed by atoms with van der Waals surface area (Å²) < 4.78 is 31.3. The number of hydrogen-bond donors (Lipinski definition) is 4. The number of aromatic nitrogens is 3. The van der Waals surface area contributed by atoms with Gasteiger partial charge < -0.3 is 16.4 Å². The van der Waals surface area contributed by atoms with Crippen molar-refractivity contribution < 1.29 is 13.0 Å². The molecule has 2 aromatic rings. The lowest BCUT2D eigenvalue weighted by atomic mass is 10.3. The van der Waals surface area contributed by atoms with Crippen molar-refractivity contribution in [3.8, 4) is 0 Å². The van der Waals surface area contributed by atoms with Crippen LogP contribution in [0.15, 0.2) is 29.2 Å². The molecule has 0 radical (unpaired) electrons. The zero-order valence-corrected chi connectivity index (χ0v) is 13.6. The smallest absolute Gasteiger partial charge is 0.294 e. The van der Waals surface area contributed by atoms with Gasteiger partial charge in [0.15, 0.2) is 0 Å². The van der Waals surface area contributed by atoms with E-state index in [-0.39, 0.29) is 28.1 Å². The van der Waals surface area contributed by atoms with Crippen LogP contribution in [0.3, 0.4) is 0 Å². The number of rotatable bonds is 6. The van der Waals surface area contributed by atoms with E-state index in [1.54, 1.807) is 6.07 Å². The second kappa shape index (κ2) is 7.04. The number of hydrogen-bond acceptors (Lipinski definition) is 8. The molecular weight excluding hydrogens is 344 g/mol. The van der Waals surface area contributed by atoms with Crippen LogP contribution in [0.25, 0.3) is 0 Å². The lowest BCUT2D eigenvalue weighted by Gasteiger charge is -2.10.